The number of carbonyl (C=O) groups is 1. The van der Waals surface area contributed by atoms with E-state index in [-0.39, 0.29) is 22.9 Å². The number of nitrogens with one attached hydrogen (secondary N) is 1. The van der Waals surface area contributed by atoms with Gasteiger partial charge in [0.15, 0.2) is 6.10 Å². The summed E-state index contributed by atoms with van der Waals surface area (Å²) in [5.74, 6) is 0.311. The van der Waals surface area contributed by atoms with E-state index in [0.29, 0.717) is 23.1 Å². The fraction of sp³-hybridized carbons (Fsp3) is 0.160. The van der Waals surface area contributed by atoms with E-state index in [1.54, 1.807) is 54.6 Å². The largest absolute Gasteiger partial charge is 0.489 e. The van der Waals surface area contributed by atoms with Crippen LogP contribution < -0.4 is 19.1 Å². The van der Waals surface area contributed by atoms with Crippen LogP contribution in [0.25, 0.3) is 0 Å². The molecule has 1 aliphatic heterocycles. The first-order chi connectivity index (χ1) is 16.3. The zero-order valence-corrected chi connectivity index (χ0v) is 20.0. The zero-order chi connectivity index (χ0) is 24.3. The molecule has 0 saturated carbocycles. The molecule has 7 nitrogen and oxygen atoms in total. The van der Waals surface area contributed by atoms with E-state index in [9.17, 15) is 13.2 Å². The average Bonchev–Trinajstić information content (AvgIpc) is 2.82. The van der Waals surface area contributed by atoms with Crippen LogP contribution in [0.1, 0.15) is 5.56 Å². The van der Waals surface area contributed by atoms with Crippen LogP contribution in [0.2, 0.25) is 5.02 Å². The summed E-state index contributed by atoms with van der Waals surface area (Å²) in [4.78, 5) is 13.2. The summed E-state index contributed by atoms with van der Waals surface area (Å²) in [6.45, 7) is 5.59. The van der Waals surface area contributed by atoms with Crippen molar-refractivity contribution in [1.82, 2.24) is 0 Å². The van der Waals surface area contributed by atoms with Crippen LogP contribution in [0.5, 0.6) is 11.5 Å². The number of ether oxygens (including phenoxy) is 2. The van der Waals surface area contributed by atoms with E-state index >= 15 is 0 Å². The van der Waals surface area contributed by atoms with Gasteiger partial charge >= 0.3 is 0 Å². The summed E-state index contributed by atoms with van der Waals surface area (Å²) in [6, 6.07) is 18.0. The Kier molecular flexibility index (Phi) is 6.81. The lowest BCUT2D eigenvalue weighted by molar-refractivity contribution is -0.122. The van der Waals surface area contributed by atoms with Crippen molar-refractivity contribution >= 4 is 38.9 Å². The van der Waals surface area contributed by atoms with Crippen molar-refractivity contribution in [3.05, 3.63) is 90.0 Å². The topological polar surface area (TPSA) is 84.9 Å². The van der Waals surface area contributed by atoms with Crippen molar-refractivity contribution in [3.8, 4) is 11.5 Å². The number of amides is 1. The molecule has 4 rings (SSSR count). The first-order valence-electron chi connectivity index (χ1n) is 10.5. The summed E-state index contributed by atoms with van der Waals surface area (Å²) in [6.07, 6.45) is 0.528. The van der Waals surface area contributed by atoms with Gasteiger partial charge in [-0.25, -0.2) is 8.42 Å². The molecular formula is C25H23ClN2O5S. The number of hydrogen-bond acceptors (Lipinski definition) is 5. The third kappa shape index (κ3) is 5.03. The van der Waals surface area contributed by atoms with Gasteiger partial charge in [-0.1, -0.05) is 48.0 Å². The molecule has 0 spiro atoms. The summed E-state index contributed by atoms with van der Waals surface area (Å²) in [7, 11) is -3.98. The molecule has 0 unspecified atom stereocenters. The maximum Gasteiger partial charge on any atom is 0.267 e. The SMILES string of the molecule is C=CCOc1cccc(NC(=O)[C@@H]2CN(S(=O)(=O)c3ccc(C)cc3)c3cc(Cl)ccc3O2)c1. The monoisotopic (exact) mass is 498 g/mol. The Morgan fingerprint density at radius 3 is 2.71 bits per heavy atom. The van der Waals surface area contributed by atoms with Crippen LogP contribution in [0.4, 0.5) is 11.4 Å². The van der Waals surface area contributed by atoms with E-state index in [1.807, 2.05) is 6.92 Å². The predicted molar refractivity (Wildman–Crippen MR) is 132 cm³/mol. The minimum atomic E-state index is -3.98. The highest BCUT2D eigenvalue weighted by atomic mass is 35.5. The smallest absolute Gasteiger partial charge is 0.267 e. The average molecular weight is 499 g/mol. The molecular weight excluding hydrogens is 476 g/mol. The Hall–Kier alpha value is -3.49. The highest BCUT2D eigenvalue weighted by Crippen LogP contribution is 2.39. The van der Waals surface area contributed by atoms with Gasteiger partial charge in [0.2, 0.25) is 0 Å². The quantitative estimate of drug-likeness (QED) is 0.472. The number of nitrogens with zero attached hydrogens (tertiary/aromatic N) is 1. The van der Waals surface area contributed by atoms with Crippen LogP contribution in [-0.4, -0.2) is 33.6 Å². The number of sulfonamides is 1. The summed E-state index contributed by atoms with van der Waals surface area (Å²) in [5, 5.41) is 3.13. The summed E-state index contributed by atoms with van der Waals surface area (Å²) >= 11 is 6.14. The Balaban J connectivity index is 1.63. The Morgan fingerprint density at radius 1 is 1.21 bits per heavy atom. The highest BCUT2D eigenvalue weighted by molar-refractivity contribution is 7.92. The number of carbonyl (C=O) groups excluding carboxylic acids is 1. The number of hydrogen-bond donors (Lipinski definition) is 1. The lowest BCUT2D eigenvalue weighted by atomic mass is 10.2. The lowest BCUT2D eigenvalue weighted by Crippen LogP contribution is -2.48. The molecule has 1 atom stereocenters. The van der Waals surface area contributed by atoms with E-state index < -0.39 is 22.0 Å². The number of benzene rings is 3. The molecule has 0 aliphatic carbocycles. The van der Waals surface area contributed by atoms with Crippen LogP contribution in [0, 0.1) is 6.92 Å². The van der Waals surface area contributed by atoms with Crippen molar-refractivity contribution in [2.45, 2.75) is 17.9 Å². The second-order valence-corrected chi connectivity index (χ2v) is 9.98. The van der Waals surface area contributed by atoms with Crippen LogP contribution in [0.3, 0.4) is 0 Å². The van der Waals surface area contributed by atoms with E-state index in [1.165, 1.54) is 18.2 Å². The number of halogens is 1. The molecule has 1 N–H and O–H groups in total. The molecule has 34 heavy (non-hydrogen) atoms. The second kappa shape index (κ2) is 9.79. The van der Waals surface area contributed by atoms with Crippen LogP contribution in [-0.2, 0) is 14.8 Å². The molecule has 0 bridgehead atoms. The molecule has 1 aliphatic rings. The third-order valence-electron chi connectivity index (χ3n) is 5.16. The Morgan fingerprint density at radius 2 is 1.97 bits per heavy atom. The molecule has 1 heterocycles. The lowest BCUT2D eigenvalue weighted by Gasteiger charge is -2.35. The molecule has 0 fully saturated rings. The number of aryl methyl sites for hydroxylation is 1. The predicted octanol–water partition coefficient (Wildman–Crippen LogP) is 4.81. The van der Waals surface area contributed by atoms with E-state index in [0.717, 1.165) is 9.87 Å². The molecule has 9 heteroatoms. The fourth-order valence-electron chi connectivity index (χ4n) is 3.47. The first kappa shape index (κ1) is 23.7. The van der Waals surface area contributed by atoms with Gasteiger partial charge in [-0.05, 0) is 49.4 Å². The van der Waals surface area contributed by atoms with Gasteiger partial charge in [0.05, 0.1) is 17.1 Å². The van der Waals surface area contributed by atoms with Gasteiger partial charge < -0.3 is 14.8 Å². The summed E-state index contributed by atoms with van der Waals surface area (Å²) in [5.41, 5.74) is 1.70. The van der Waals surface area contributed by atoms with Crippen molar-refractivity contribution in [3.63, 3.8) is 0 Å². The maximum atomic E-state index is 13.5. The molecule has 1 amide bonds. The standard InChI is InChI=1S/C25H23ClN2O5S/c1-3-13-32-20-6-4-5-19(15-20)27-25(29)24-16-28(22-14-18(26)9-12-23(22)33-24)34(30,31)21-10-7-17(2)8-11-21/h3-12,14-15,24H,1,13,16H2,2H3,(H,27,29)/t24-/m0/s1. The van der Waals surface area contributed by atoms with Crippen molar-refractivity contribution in [2.75, 3.05) is 22.8 Å². The van der Waals surface area contributed by atoms with Crippen molar-refractivity contribution in [2.24, 2.45) is 0 Å². The highest BCUT2D eigenvalue weighted by Gasteiger charge is 2.37. The zero-order valence-electron chi connectivity index (χ0n) is 18.4. The van der Waals surface area contributed by atoms with Crippen molar-refractivity contribution in [1.29, 1.82) is 0 Å². The molecule has 176 valence electrons. The number of anilines is 2. The van der Waals surface area contributed by atoms with Gasteiger partial charge in [-0.15, -0.1) is 0 Å². The molecule has 0 radical (unpaired) electrons. The van der Waals surface area contributed by atoms with Gasteiger partial charge in [-0.3, -0.25) is 9.10 Å². The van der Waals surface area contributed by atoms with E-state index in [2.05, 4.69) is 11.9 Å². The normalized spacial score (nSPS) is 15.1. The van der Waals surface area contributed by atoms with Gasteiger partial charge in [0, 0.05) is 16.8 Å². The molecule has 3 aromatic carbocycles. The molecule has 0 aromatic heterocycles. The number of fused-ring (bicyclic) bond motifs is 1. The Bertz CT molecular complexity index is 1330. The van der Waals surface area contributed by atoms with Gasteiger partial charge in [0.1, 0.15) is 18.1 Å². The number of rotatable bonds is 7. The minimum absolute atomic E-state index is 0.108. The first-order valence-corrected chi connectivity index (χ1v) is 12.3. The fourth-order valence-corrected chi connectivity index (χ4v) is 5.10. The van der Waals surface area contributed by atoms with Crippen LogP contribution >= 0.6 is 11.6 Å². The van der Waals surface area contributed by atoms with E-state index in [4.69, 9.17) is 21.1 Å². The Labute approximate surface area is 203 Å². The summed E-state index contributed by atoms with van der Waals surface area (Å²) < 4.78 is 39.6. The van der Waals surface area contributed by atoms with Crippen LogP contribution in [0.15, 0.2) is 84.3 Å². The van der Waals surface area contributed by atoms with Crippen molar-refractivity contribution < 1.29 is 22.7 Å². The molecule has 3 aromatic rings. The second-order valence-electron chi connectivity index (χ2n) is 7.68. The van der Waals surface area contributed by atoms with Gasteiger partial charge in [-0.2, -0.15) is 0 Å². The maximum absolute atomic E-state index is 13.5. The van der Waals surface area contributed by atoms with Gasteiger partial charge in [0.25, 0.3) is 15.9 Å². The minimum Gasteiger partial charge on any atom is -0.489 e. The third-order valence-corrected chi connectivity index (χ3v) is 7.19. The molecule has 0 saturated heterocycles.